The van der Waals surface area contributed by atoms with E-state index >= 15 is 0 Å². The summed E-state index contributed by atoms with van der Waals surface area (Å²) in [7, 11) is 0. The van der Waals surface area contributed by atoms with Crippen molar-refractivity contribution in [3.63, 3.8) is 0 Å². The molecule has 158 valence electrons. The van der Waals surface area contributed by atoms with Crippen LogP contribution in [-0.4, -0.2) is 23.8 Å². The Hall–Kier alpha value is -2.51. The first kappa shape index (κ1) is 22.2. The molecule has 0 radical (unpaired) electrons. The lowest BCUT2D eigenvalue weighted by molar-refractivity contribution is -0.115. The number of hydrogen-bond donors (Lipinski definition) is 1. The summed E-state index contributed by atoms with van der Waals surface area (Å²) < 4.78 is 24.7. The van der Waals surface area contributed by atoms with Crippen molar-refractivity contribution in [2.24, 2.45) is 4.99 Å². The predicted molar refractivity (Wildman–Crippen MR) is 120 cm³/mol. The smallest absolute Gasteiger partial charge is 0.264 e. The first-order chi connectivity index (χ1) is 14.4. The summed E-state index contributed by atoms with van der Waals surface area (Å²) in [6.45, 7) is 6.32. The summed E-state index contributed by atoms with van der Waals surface area (Å²) in [6.07, 6.45) is 2.54. The molecule has 1 N–H and O–H groups in total. The number of benzene rings is 2. The van der Waals surface area contributed by atoms with Crippen molar-refractivity contribution in [1.29, 1.82) is 0 Å². The maximum Gasteiger partial charge on any atom is 0.264 e. The third-order valence-corrected chi connectivity index (χ3v) is 5.42. The van der Waals surface area contributed by atoms with Crippen molar-refractivity contribution in [3.05, 3.63) is 57.7 Å². The maximum absolute atomic E-state index is 13.0. The molecule has 1 aliphatic rings. The zero-order valence-corrected chi connectivity index (χ0v) is 18.4. The Morgan fingerprint density at radius 2 is 2.00 bits per heavy atom. The SMILES string of the molecule is CCOc1cc(/C=C2/SC(=Nc3ccc(F)cc3)NC2=O)cc(Cl)c1O[C@H](C)CC. The van der Waals surface area contributed by atoms with Gasteiger partial charge in [0.05, 0.1) is 28.3 Å². The largest absolute Gasteiger partial charge is 0.490 e. The molecular weight excluding hydrogens is 427 g/mol. The fraction of sp³-hybridized carbons (Fsp3) is 0.273. The van der Waals surface area contributed by atoms with E-state index in [9.17, 15) is 9.18 Å². The second-order valence-corrected chi connectivity index (χ2v) is 8.00. The number of carbonyl (C=O) groups is 1. The Kier molecular flexibility index (Phi) is 7.39. The summed E-state index contributed by atoms with van der Waals surface area (Å²) >= 11 is 7.64. The lowest BCUT2D eigenvalue weighted by atomic mass is 10.1. The molecule has 8 heteroatoms. The van der Waals surface area contributed by atoms with Gasteiger partial charge in [0.25, 0.3) is 5.91 Å². The molecule has 1 fully saturated rings. The van der Waals surface area contributed by atoms with E-state index in [1.807, 2.05) is 20.8 Å². The predicted octanol–water partition coefficient (Wildman–Crippen LogP) is 5.95. The van der Waals surface area contributed by atoms with Crippen molar-refractivity contribution in [2.75, 3.05) is 6.61 Å². The first-order valence-corrected chi connectivity index (χ1v) is 10.8. The van der Waals surface area contributed by atoms with E-state index in [1.54, 1.807) is 30.3 Å². The van der Waals surface area contributed by atoms with Crippen LogP contribution in [0.5, 0.6) is 11.5 Å². The first-order valence-electron chi connectivity index (χ1n) is 9.57. The third kappa shape index (κ3) is 5.55. The molecular formula is C22H22ClFN2O3S. The van der Waals surface area contributed by atoms with Crippen LogP contribution < -0.4 is 14.8 Å². The quantitative estimate of drug-likeness (QED) is 0.532. The van der Waals surface area contributed by atoms with Crippen LogP contribution in [0.15, 0.2) is 46.3 Å². The van der Waals surface area contributed by atoms with Crippen LogP contribution in [0.2, 0.25) is 5.02 Å². The van der Waals surface area contributed by atoms with E-state index < -0.39 is 0 Å². The van der Waals surface area contributed by atoms with Gasteiger partial charge in [-0.25, -0.2) is 9.38 Å². The zero-order valence-electron chi connectivity index (χ0n) is 16.9. The van der Waals surface area contributed by atoms with E-state index in [1.165, 1.54) is 23.9 Å². The van der Waals surface area contributed by atoms with Crippen LogP contribution in [0, 0.1) is 5.82 Å². The van der Waals surface area contributed by atoms with Crippen LogP contribution >= 0.6 is 23.4 Å². The Bertz CT molecular complexity index is 993. The van der Waals surface area contributed by atoms with Gasteiger partial charge in [0.15, 0.2) is 16.7 Å². The molecule has 5 nitrogen and oxygen atoms in total. The second-order valence-electron chi connectivity index (χ2n) is 6.56. The number of nitrogens with one attached hydrogen (secondary N) is 1. The van der Waals surface area contributed by atoms with Crippen LogP contribution in [0.1, 0.15) is 32.8 Å². The number of amidine groups is 1. The van der Waals surface area contributed by atoms with E-state index in [2.05, 4.69) is 10.3 Å². The highest BCUT2D eigenvalue weighted by Gasteiger charge is 2.24. The van der Waals surface area contributed by atoms with E-state index in [-0.39, 0.29) is 17.8 Å². The molecule has 30 heavy (non-hydrogen) atoms. The molecule has 0 saturated carbocycles. The highest BCUT2D eigenvalue weighted by Crippen LogP contribution is 2.39. The Morgan fingerprint density at radius 1 is 1.27 bits per heavy atom. The fourth-order valence-corrected chi connectivity index (χ4v) is 3.70. The van der Waals surface area contributed by atoms with Crippen LogP contribution in [0.4, 0.5) is 10.1 Å². The molecule has 3 rings (SSSR count). The molecule has 0 aromatic heterocycles. The Balaban J connectivity index is 1.86. The molecule has 0 unspecified atom stereocenters. The Labute approximate surface area is 184 Å². The van der Waals surface area contributed by atoms with Crippen molar-refractivity contribution in [2.45, 2.75) is 33.3 Å². The summed E-state index contributed by atoms with van der Waals surface area (Å²) in [5.41, 5.74) is 1.26. The summed E-state index contributed by atoms with van der Waals surface area (Å²) in [4.78, 5) is 17.1. The van der Waals surface area contributed by atoms with Gasteiger partial charge in [-0.2, -0.15) is 0 Å². The summed E-state index contributed by atoms with van der Waals surface area (Å²) in [5, 5.41) is 3.55. The van der Waals surface area contributed by atoms with E-state index in [4.69, 9.17) is 21.1 Å². The zero-order chi connectivity index (χ0) is 21.7. The monoisotopic (exact) mass is 448 g/mol. The van der Waals surface area contributed by atoms with E-state index in [0.717, 1.165) is 6.42 Å². The van der Waals surface area contributed by atoms with Gasteiger partial charge < -0.3 is 14.8 Å². The number of carbonyl (C=O) groups excluding carboxylic acids is 1. The van der Waals surface area contributed by atoms with Crippen LogP contribution in [-0.2, 0) is 4.79 Å². The summed E-state index contributed by atoms with van der Waals surface area (Å²) in [6, 6.07) is 9.25. The van der Waals surface area contributed by atoms with Gasteiger partial charge in [0.2, 0.25) is 0 Å². The molecule has 2 aromatic rings. The van der Waals surface area contributed by atoms with E-state index in [0.29, 0.717) is 44.5 Å². The van der Waals surface area contributed by atoms with Gasteiger partial charge >= 0.3 is 0 Å². The highest BCUT2D eigenvalue weighted by atomic mass is 35.5. The molecule has 2 aromatic carbocycles. The number of thioether (sulfide) groups is 1. The molecule has 1 heterocycles. The van der Waals surface area contributed by atoms with Gasteiger partial charge in [0.1, 0.15) is 5.82 Å². The van der Waals surface area contributed by atoms with Gasteiger partial charge in [-0.15, -0.1) is 0 Å². The van der Waals surface area contributed by atoms with Gasteiger partial charge in [0, 0.05) is 0 Å². The highest BCUT2D eigenvalue weighted by molar-refractivity contribution is 8.18. The lowest BCUT2D eigenvalue weighted by Gasteiger charge is -2.18. The minimum absolute atomic E-state index is 0.00712. The molecule has 0 aliphatic carbocycles. The number of aliphatic imine (C=N–C) groups is 1. The normalized spacial score (nSPS) is 17.3. The second kappa shape index (κ2) is 10.00. The molecule has 1 atom stereocenters. The number of amides is 1. The van der Waals surface area contributed by atoms with Gasteiger partial charge in [-0.3, -0.25) is 4.79 Å². The van der Waals surface area contributed by atoms with Crippen molar-refractivity contribution in [3.8, 4) is 11.5 Å². The van der Waals surface area contributed by atoms with Crippen LogP contribution in [0.25, 0.3) is 6.08 Å². The number of nitrogens with zero attached hydrogens (tertiary/aromatic N) is 1. The fourth-order valence-electron chi connectivity index (χ4n) is 2.60. The summed E-state index contributed by atoms with van der Waals surface area (Å²) in [5.74, 6) is 0.415. The molecule has 1 aliphatic heterocycles. The molecule has 0 spiro atoms. The topological polar surface area (TPSA) is 59.9 Å². The van der Waals surface area contributed by atoms with Gasteiger partial charge in [-0.1, -0.05) is 18.5 Å². The standard InChI is InChI=1S/C22H22ClFN2O3S/c1-4-13(3)29-20-17(23)10-14(11-18(20)28-5-2)12-19-21(27)26-22(30-19)25-16-8-6-15(24)7-9-16/h6-13H,4-5H2,1-3H3,(H,25,26,27)/b19-12+/t13-/m1/s1. The van der Waals surface area contributed by atoms with Gasteiger partial charge in [-0.05, 0) is 80.1 Å². The molecule has 0 bridgehead atoms. The average Bonchev–Trinajstić information content (AvgIpc) is 3.05. The Morgan fingerprint density at radius 3 is 2.67 bits per heavy atom. The third-order valence-electron chi connectivity index (χ3n) is 4.23. The van der Waals surface area contributed by atoms with Crippen molar-refractivity contribution in [1.82, 2.24) is 5.32 Å². The van der Waals surface area contributed by atoms with Crippen LogP contribution in [0.3, 0.4) is 0 Å². The minimum Gasteiger partial charge on any atom is -0.490 e. The average molecular weight is 449 g/mol. The number of ether oxygens (including phenoxy) is 2. The lowest BCUT2D eigenvalue weighted by Crippen LogP contribution is -2.19. The minimum atomic E-state index is -0.342. The molecule has 1 amide bonds. The number of hydrogen-bond acceptors (Lipinski definition) is 5. The van der Waals surface area contributed by atoms with Crippen molar-refractivity contribution >= 4 is 46.2 Å². The number of rotatable bonds is 7. The van der Waals surface area contributed by atoms with Crippen molar-refractivity contribution < 1.29 is 18.7 Å². The maximum atomic E-state index is 13.0. The molecule has 1 saturated heterocycles. The number of halogens is 2.